The Kier molecular flexibility index (Phi) is 7.86. The SMILES string of the molecule is CCn1ncc2cc(Oc3ccc(NC(=O)c4ccc(OC5CC5)n(-c5ccc(F)cc5)c4=O)cc3F)c(/C(C=N)=C/N)cc21. The molecule has 0 bridgehead atoms. The van der Waals surface area contributed by atoms with Gasteiger partial charge in [-0.1, -0.05) is 0 Å². The average molecular weight is 611 g/mol. The number of nitrogens with two attached hydrogens (primary N) is 1. The van der Waals surface area contributed by atoms with E-state index in [4.69, 9.17) is 20.6 Å². The molecule has 0 radical (unpaired) electrons. The fraction of sp³-hybridized carbons (Fsp3) is 0.152. The van der Waals surface area contributed by atoms with Crippen LogP contribution in [0, 0.1) is 17.0 Å². The van der Waals surface area contributed by atoms with E-state index in [0.29, 0.717) is 23.4 Å². The summed E-state index contributed by atoms with van der Waals surface area (Å²) in [6.07, 6.45) is 5.66. The number of nitrogens with one attached hydrogen (secondary N) is 2. The first-order valence-corrected chi connectivity index (χ1v) is 14.2. The van der Waals surface area contributed by atoms with Gasteiger partial charge in [-0.2, -0.15) is 5.10 Å². The summed E-state index contributed by atoms with van der Waals surface area (Å²) in [5, 5.41) is 15.4. The van der Waals surface area contributed by atoms with Gasteiger partial charge in [0.05, 0.1) is 17.4 Å². The first-order valence-electron chi connectivity index (χ1n) is 14.2. The van der Waals surface area contributed by atoms with Gasteiger partial charge in [-0.15, -0.1) is 0 Å². The Bertz CT molecular complexity index is 2030. The average Bonchev–Trinajstić information content (AvgIpc) is 3.76. The second kappa shape index (κ2) is 12.1. The molecule has 6 rings (SSSR count). The number of carbonyl (C=O) groups excluding carboxylic acids is 1. The summed E-state index contributed by atoms with van der Waals surface area (Å²) >= 11 is 0. The number of aryl methyl sites for hydroxylation is 1. The summed E-state index contributed by atoms with van der Waals surface area (Å²) in [6.45, 7) is 2.57. The lowest BCUT2D eigenvalue weighted by molar-refractivity contribution is 0.102. The molecule has 5 aromatic rings. The number of hydrogen-bond acceptors (Lipinski definition) is 7. The molecule has 0 saturated heterocycles. The number of nitrogens with zero attached hydrogens (tertiary/aromatic N) is 3. The maximum absolute atomic E-state index is 15.3. The molecule has 4 N–H and O–H groups in total. The van der Waals surface area contributed by atoms with Gasteiger partial charge in [-0.25, -0.2) is 13.3 Å². The van der Waals surface area contributed by atoms with Gasteiger partial charge in [-0.05, 0) is 80.4 Å². The molecule has 1 amide bonds. The molecule has 45 heavy (non-hydrogen) atoms. The third-order valence-corrected chi connectivity index (χ3v) is 7.29. The van der Waals surface area contributed by atoms with Gasteiger partial charge in [0.25, 0.3) is 11.5 Å². The van der Waals surface area contributed by atoms with E-state index in [1.807, 2.05) is 6.92 Å². The van der Waals surface area contributed by atoms with Crippen LogP contribution in [-0.4, -0.2) is 32.6 Å². The number of amides is 1. The number of hydrogen-bond donors (Lipinski definition) is 3. The van der Waals surface area contributed by atoms with Crippen molar-refractivity contribution in [2.45, 2.75) is 32.4 Å². The highest BCUT2D eigenvalue weighted by Gasteiger charge is 2.26. The maximum atomic E-state index is 15.3. The zero-order valence-electron chi connectivity index (χ0n) is 24.1. The molecular weight excluding hydrogens is 582 g/mol. The number of fused-ring (bicyclic) bond motifs is 1. The number of halogens is 2. The van der Waals surface area contributed by atoms with Gasteiger partial charge in [0.2, 0.25) is 5.88 Å². The third kappa shape index (κ3) is 5.90. The van der Waals surface area contributed by atoms with Crippen molar-refractivity contribution in [3.63, 3.8) is 0 Å². The Labute approximate surface area is 255 Å². The Morgan fingerprint density at radius 3 is 2.51 bits per heavy atom. The van der Waals surface area contributed by atoms with Crippen molar-refractivity contribution in [1.29, 1.82) is 5.41 Å². The Hall–Kier alpha value is -5.78. The van der Waals surface area contributed by atoms with Crippen molar-refractivity contribution < 1.29 is 23.0 Å². The minimum Gasteiger partial charge on any atom is -0.475 e. The van der Waals surface area contributed by atoms with E-state index in [0.717, 1.165) is 36.0 Å². The molecule has 1 saturated carbocycles. The van der Waals surface area contributed by atoms with Gasteiger partial charge in [0, 0.05) is 47.2 Å². The van der Waals surface area contributed by atoms with E-state index in [-0.39, 0.29) is 34.7 Å². The molecule has 1 fully saturated rings. The minimum absolute atomic E-state index is 0.0328. The molecule has 2 heterocycles. The lowest BCUT2D eigenvalue weighted by Crippen LogP contribution is -2.29. The Morgan fingerprint density at radius 2 is 1.84 bits per heavy atom. The van der Waals surface area contributed by atoms with Gasteiger partial charge < -0.3 is 25.9 Å². The smallest absolute Gasteiger partial charge is 0.270 e. The molecule has 228 valence electrons. The molecule has 1 aliphatic rings. The highest BCUT2D eigenvalue weighted by molar-refractivity contribution is 6.10. The van der Waals surface area contributed by atoms with E-state index in [2.05, 4.69) is 10.4 Å². The van der Waals surface area contributed by atoms with Crippen molar-refractivity contribution in [2.24, 2.45) is 5.73 Å². The number of ether oxygens (including phenoxy) is 2. The van der Waals surface area contributed by atoms with Crippen molar-refractivity contribution in [3.8, 4) is 23.1 Å². The topological polar surface area (TPSA) is 137 Å². The Balaban J connectivity index is 1.28. The van der Waals surface area contributed by atoms with Crippen LogP contribution in [0.5, 0.6) is 17.4 Å². The molecular formula is C33H28F2N6O4. The predicted octanol–water partition coefficient (Wildman–Crippen LogP) is 6.02. The molecule has 3 aromatic carbocycles. The molecule has 1 aliphatic carbocycles. The fourth-order valence-corrected chi connectivity index (χ4v) is 4.84. The third-order valence-electron chi connectivity index (χ3n) is 7.29. The zero-order chi connectivity index (χ0) is 31.7. The number of carbonyl (C=O) groups is 1. The highest BCUT2D eigenvalue weighted by Crippen LogP contribution is 2.35. The van der Waals surface area contributed by atoms with E-state index >= 15 is 4.39 Å². The van der Waals surface area contributed by atoms with Crippen LogP contribution in [0.3, 0.4) is 0 Å². The molecule has 10 nitrogen and oxygen atoms in total. The first-order chi connectivity index (χ1) is 21.8. The predicted molar refractivity (Wildman–Crippen MR) is 166 cm³/mol. The summed E-state index contributed by atoms with van der Waals surface area (Å²) < 4.78 is 43.7. The largest absolute Gasteiger partial charge is 0.475 e. The van der Waals surface area contributed by atoms with Crippen LogP contribution in [0.15, 0.2) is 83.9 Å². The van der Waals surface area contributed by atoms with E-state index < -0.39 is 23.1 Å². The summed E-state index contributed by atoms with van der Waals surface area (Å²) in [5.41, 5.74) is 6.89. The van der Waals surface area contributed by atoms with Crippen LogP contribution in [0.1, 0.15) is 35.7 Å². The van der Waals surface area contributed by atoms with Crippen molar-refractivity contribution >= 4 is 34.3 Å². The zero-order valence-corrected chi connectivity index (χ0v) is 24.1. The lowest BCUT2D eigenvalue weighted by atomic mass is 10.0. The summed E-state index contributed by atoms with van der Waals surface area (Å²) in [6, 6.07) is 15.4. The van der Waals surface area contributed by atoms with E-state index in [9.17, 15) is 14.0 Å². The highest BCUT2D eigenvalue weighted by atomic mass is 19.1. The molecule has 0 aliphatic heterocycles. The van der Waals surface area contributed by atoms with Gasteiger partial charge >= 0.3 is 0 Å². The van der Waals surface area contributed by atoms with Crippen LogP contribution < -0.4 is 26.1 Å². The van der Waals surface area contributed by atoms with Gasteiger partial charge in [0.15, 0.2) is 11.6 Å². The molecule has 0 spiro atoms. The van der Waals surface area contributed by atoms with Crippen molar-refractivity contribution in [2.75, 3.05) is 5.32 Å². The molecule has 12 heteroatoms. The second-order valence-electron chi connectivity index (χ2n) is 10.4. The summed E-state index contributed by atoms with van der Waals surface area (Å²) in [5.74, 6) is -1.69. The van der Waals surface area contributed by atoms with Gasteiger partial charge in [-0.3, -0.25) is 14.3 Å². The number of pyridine rings is 1. The number of rotatable bonds is 10. The van der Waals surface area contributed by atoms with Crippen LogP contribution in [-0.2, 0) is 6.54 Å². The number of anilines is 1. The molecule has 0 atom stereocenters. The van der Waals surface area contributed by atoms with Crippen LogP contribution in [0.25, 0.3) is 22.2 Å². The monoisotopic (exact) mass is 610 g/mol. The van der Waals surface area contributed by atoms with Crippen molar-refractivity contribution in [1.82, 2.24) is 14.3 Å². The lowest BCUT2D eigenvalue weighted by Gasteiger charge is -2.16. The van der Waals surface area contributed by atoms with Gasteiger partial charge in [0.1, 0.15) is 23.2 Å². The second-order valence-corrected chi connectivity index (χ2v) is 10.4. The number of aromatic nitrogens is 3. The summed E-state index contributed by atoms with van der Waals surface area (Å²) in [4.78, 5) is 26.7. The molecule has 0 unspecified atom stereocenters. The molecule has 2 aromatic heterocycles. The standard InChI is InChI=1S/C33H28F2N6O4/c1-2-40-28-15-26(20(16-36)17-37)30(13-19(28)18-38-40)45-29-11-5-22(14-27(29)35)39-32(42)25-10-12-31(44-24-8-9-24)41(33(25)43)23-6-3-21(34)4-7-23/h3-7,10-18,24,36H,2,8-9,37H2,1H3,(H,39,42)/b20-17+,36-16?. The number of benzene rings is 3. The van der Waals surface area contributed by atoms with Crippen LogP contribution >= 0.6 is 0 Å². The minimum atomic E-state index is -0.784. The van der Waals surface area contributed by atoms with E-state index in [1.165, 1.54) is 59.3 Å². The number of allylic oxidation sites excluding steroid dienone is 1. The van der Waals surface area contributed by atoms with E-state index in [1.54, 1.807) is 23.0 Å². The fourth-order valence-electron chi connectivity index (χ4n) is 4.84. The van der Waals surface area contributed by atoms with Crippen LogP contribution in [0.2, 0.25) is 0 Å². The Morgan fingerprint density at radius 1 is 1.07 bits per heavy atom. The normalized spacial score (nSPS) is 13.1. The van der Waals surface area contributed by atoms with Crippen LogP contribution in [0.4, 0.5) is 14.5 Å². The van der Waals surface area contributed by atoms with Crippen molar-refractivity contribution in [3.05, 3.63) is 112 Å². The first kappa shape index (κ1) is 29.3. The quantitative estimate of drug-likeness (QED) is 0.165. The summed E-state index contributed by atoms with van der Waals surface area (Å²) in [7, 11) is 0. The maximum Gasteiger partial charge on any atom is 0.270 e.